The zero-order chi connectivity index (χ0) is 12.3. The van der Waals surface area contributed by atoms with Gasteiger partial charge in [-0.15, -0.1) is 0 Å². The van der Waals surface area contributed by atoms with Crippen LogP contribution in [0, 0.1) is 4.77 Å². The maximum absolute atomic E-state index is 9.14. The van der Waals surface area contributed by atoms with Crippen molar-refractivity contribution in [1.82, 2.24) is 14.8 Å². The van der Waals surface area contributed by atoms with E-state index in [-0.39, 0.29) is 6.61 Å². The summed E-state index contributed by atoms with van der Waals surface area (Å²) in [5, 5.41) is 15.7. The Kier molecular flexibility index (Phi) is 3.55. The molecule has 0 saturated carbocycles. The molecule has 90 valence electrons. The van der Waals surface area contributed by atoms with Crippen LogP contribution in [-0.4, -0.2) is 27.0 Å². The number of aliphatic hydroxyl groups is 1. The number of benzene rings is 1. The number of aliphatic hydroxyl groups excluding tert-OH is 1. The Morgan fingerprint density at radius 3 is 3.06 bits per heavy atom. The molecule has 1 aromatic heterocycles. The van der Waals surface area contributed by atoms with Gasteiger partial charge in [0.05, 0.1) is 13.7 Å². The lowest BCUT2D eigenvalue weighted by Gasteiger charge is -2.07. The van der Waals surface area contributed by atoms with Crippen molar-refractivity contribution in [2.24, 2.45) is 0 Å². The summed E-state index contributed by atoms with van der Waals surface area (Å²) in [5.74, 6) is 1.32. The summed E-state index contributed by atoms with van der Waals surface area (Å²) in [6.45, 7) is 0.416. The van der Waals surface area contributed by atoms with Crippen LogP contribution < -0.4 is 4.74 Å². The molecule has 6 heteroatoms. The Morgan fingerprint density at radius 2 is 2.35 bits per heavy atom. The van der Waals surface area contributed by atoms with Gasteiger partial charge >= 0.3 is 0 Å². The van der Waals surface area contributed by atoms with Gasteiger partial charge in [0.25, 0.3) is 0 Å². The van der Waals surface area contributed by atoms with Crippen molar-refractivity contribution in [3.63, 3.8) is 0 Å². The Bertz CT molecular complexity index is 562. The Morgan fingerprint density at radius 1 is 1.53 bits per heavy atom. The molecule has 0 fully saturated rings. The minimum Gasteiger partial charge on any atom is -0.497 e. The van der Waals surface area contributed by atoms with Crippen molar-refractivity contribution >= 4 is 12.2 Å². The van der Waals surface area contributed by atoms with Crippen molar-refractivity contribution in [3.05, 3.63) is 40.4 Å². The first kappa shape index (κ1) is 11.8. The van der Waals surface area contributed by atoms with Crippen LogP contribution in [0.3, 0.4) is 0 Å². The Hall–Kier alpha value is -1.66. The monoisotopic (exact) mass is 251 g/mol. The minimum absolute atomic E-state index is 0.142. The lowest BCUT2D eigenvalue weighted by molar-refractivity contribution is 0.265. The number of nitrogens with one attached hydrogen (secondary N) is 1. The molecule has 1 heterocycles. The summed E-state index contributed by atoms with van der Waals surface area (Å²) in [6, 6.07) is 7.69. The third kappa shape index (κ3) is 2.54. The van der Waals surface area contributed by atoms with Gasteiger partial charge in [-0.2, -0.15) is 5.10 Å². The third-order valence-corrected chi connectivity index (χ3v) is 2.77. The molecule has 0 spiro atoms. The van der Waals surface area contributed by atoms with Gasteiger partial charge in [0.1, 0.15) is 12.4 Å². The molecule has 0 radical (unpaired) electrons. The number of aromatic nitrogens is 3. The molecule has 0 bridgehead atoms. The fourth-order valence-electron chi connectivity index (χ4n) is 1.59. The first-order chi connectivity index (χ1) is 8.24. The molecule has 2 aromatic rings. The van der Waals surface area contributed by atoms with Gasteiger partial charge < -0.3 is 9.84 Å². The molecule has 0 amide bonds. The highest BCUT2D eigenvalue weighted by Gasteiger charge is 2.05. The second-order valence-corrected chi connectivity index (χ2v) is 3.93. The van der Waals surface area contributed by atoms with Gasteiger partial charge in [0, 0.05) is 0 Å². The van der Waals surface area contributed by atoms with Crippen LogP contribution in [0.25, 0.3) is 0 Å². The molecule has 0 unspecified atom stereocenters. The summed E-state index contributed by atoms with van der Waals surface area (Å²) >= 11 is 5.10. The van der Waals surface area contributed by atoms with Gasteiger partial charge in [-0.3, -0.25) is 9.67 Å². The lowest BCUT2D eigenvalue weighted by atomic mass is 10.2. The van der Waals surface area contributed by atoms with Gasteiger partial charge in [0.15, 0.2) is 10.6 Å². The Balaban J connectivity index is 2.30. The fourth-order valence-corrected chi connectivity index (χ4v) is 1.80. The average molecular weight is 251 g/mol. The van der Waals surface area contributed by atoms with Crippen LogP contribution in [0.4, 0.5) is 0 Å². The number of nitrogens with zero attached hydrogens (tertiary/aromatic N) is 2. The van der Waals surface area contributed by atoms with Crippen LogP contribution in [-0.2, 0) is 13.2 Å². The molecule has 2 rings (SSSR count). The number of aromatic amines is 1. The average Bonchev–Trinajstić information content (AvgIpc) is 2.71. The molecule has 17 heavy (non-hydrogen) atoms. The number of methoxy groups -OCH3 is 1. The van der Waals surface area contributed by atoms with E-state index in [1.807, 2.05) is 24.3 Å². The molecule has 0 aliphatic carbocycles. The topological polar surface area (TPSA) is 63.1 Å². The zero-order valence-electron chi connectivity index (χ0n) is 9.38. The highest BCUT2D eigenvalue weighted by Crippen LogP contribution is 2.14. The fraction of sp³-hybridized carbons (Fsp3) is 0.273. The highest BCUT2D eigenvalue weighted by molar-refractivity contribution is 7.71. The molecule has 1 aromatic carbocycles. The minimum atomic E-state index is -0.142. The summed E-state index contributed by atoms with van der Waals surface area (Å²) in [4.78, 5) is 0. The van der Waals surface area contributed by atoms with Crippen LogP contribution >= 0.6 is 12.2 Å². The summed E-state index contributed by atoms with van der Waals surface area (Å²) in [5.41, 5.74) is 1.04. The number of hydrogen-bond donors (Lipinski definition) is 2. The van der Waals surface area contributed by atoms with E-state index < -0.39 is 0 Å². The van der Waals surface area contributed by atoms with E-state index in [1.165, 1.54) is 0 Å². The summed E-state index contributed by atoms with van der Waals surface area (Å²) in [6.07, 6.45) is 0. The van der Waals surface area contributed by atoms with E-state index in [0.29, 0.717) is 17.1 Å². The first-order valence-corrected chi connectivity index (χ1v) is 5.53. The van der Waals surface area contributed by atoms with E-state index in [4.69, 9.17) is 22.1 Å². The van der Waals surface area contributed by atoms with Gasteiger partial charge in [-0.05, 0) is 29.9 Å². The van der Waals surface area contributed by atoms with Crippen molar-refractivity contribution < 1.29 is 9.84 Å². The predicted molar refractivity (Wildman–Crippen MR) is 65.4 cm³/mol. The quantitative estimate of drug-likeness (QED) is 0.808. The number of hydrogen-bond acceptors (Lipinski definition) is 4. The smallest absolute Gasteiger partial charge is 0.195 e. The Labute approximate surface area is 104 Å². The maximum atomic E-state index is 9.14. The van der Waals surface area contributed by atoms with Crippen molar-refractivity contribution in [2.75, 3.05) is 7.11 Å². The van der Waals surface area contributed by atoms with E-state index in [1.54, 1.807) is 11.7 Å². The van der Waals surface area contributed by atoms with Crippen LogP contribution in [0.5, 0.6) is 5.75 Å². The van der Waals surface area contributed by atoms with Crippen LogP contribution in [0.1, 0.15) is 11.4 Å². The molecular weight excluding hydrogens is 238 g/mol. The number of rotatable bonds is 4. The molecule has 0 atom stereocenters. The van der Waals surface area contributed by atoms with E-state index in [0.717, 1.165) is 11.3 Å². The second-order valence-electron chi connectivity index (χ2n) is 3.54. The van der Waals surface area contributed by atoms with E-state index in [9.17, 15) is 0 Å². The normalized spacial score (nSPS) is 10.5. The van der Waals surface area contributed by atoms with E-state index >= 15 is 0 Å². The second kappa shape index (κ2) is 5.11. The van der Waals surface area contributed by atoms with Crippen molar-refractivity contribution in [2.45, 2.75) is 13.2 Å². The highest BCUT2D eigenvalue weighted by atomic mass is 32.1. The summed E-state index contributed by atoms with van der Waals surface area (Å²) < 4.78 is 7.40. The largest absolute Gasteiger partial charge is 0.497 e. The summed E-state index contributed by atoms with van der Waals surface area (Å²) in [7, 11) is 1.63. The number of ether oxygens (including phenoxy) is 1. The lowest BCUT2D eigenvalue weighted by Crippen LogP contribution is -2.05. The molecular formula is C11H13N3O2S. The predicted octanol–water partition coefficient (Wildman–Crippen LogP) is 1.49. The molecule has 0 saturated heterocycles. The zero-order valence-corrected chi connectivity index (χ0v) is 10.2. The molecule has 0 aliphatic heterocycles. The molecule has 0 aliphatic rings. The molecule has 2 N–H and O–H groups in total. The van der Waals surface area contributed by atoms with Gasteiger partial charge in [-0.25, -0.2) is 0 Å². The SMILES string of the molecule is COc1cccc(Cn2c(CO)n[nH]c2=S)c1. The first-order valence-electron chi connectivity index (χ1n) is 5.12. The van der Waals surface area contributed by atoms with Crippen molar-refractivity contribution in [1.29, 1.82) is 0 Å². The standard InChI is InChI=1S/C11H13N3O2S/c1-16-9-4-2-3-8(5-9)6-14-10(7-15)12-13-11(14)17/h2-5,15H,6-7H2,1H3,(H,13,17). The van der Waals surface area contributed by atoms with Gasteiger partial charge in [-0.1, -0.05) is 12.1 Å². The van der Waals surface area contributed by atoms with Gasteiger partial charge in [0.2, 0.25) is 0 Å². The number of H-pyrrole nitrogens is 1. The maximum Gasteiger partial charge on any atom is 0.195 e. The van der Waals surface area contributed by atoms with Crippen molar-refractivity contribution in [3.8, 4) is 5.75 Å². The van der Waals surface area contributed by atoms with Crippen LogP contribution in [0.15, 0.2) is 24.3 Å². The van der Waals surface area contributed by atoms with Crippen LogP contribution in [0.2, 0.25) is 0 Å². The third-order valence-electron chi connectivity index (χ3n) is 2.45. The van der Waals surface area contributed by atoms with E-state index in [2.05, 4.69) is 10.2 Å². The molecule has 5 nitrogen and oxygen atoms in total.